The highest BCUT2D eigenvalue weighted by molar-refractivity contribution is 8.01. The number of rotatable bonds is 7. The maximum atomic E-state index is 5.70. The molecular formula is C12H14N2O2S2. The highest BCUT2D eigenvalue weighted by Crippen LogP contribution is 2.27. The van der Waals surface area contributed by atoms with Crippen molar-refractivity contribution in [1.29, 1.82) is 0 Å². The van der Waals surface area contributed by atoms with Crippen LogP contribution in [0.2, 0.25) is 0 Å². The molecule has 0 aliphatic carbocycles. The Bertz CT molecular complexity index is 463. The van der Waals surface area contributed by atoms with Gasteiger partial charge in [-0.15, -0.1) is 10.2 Å². The van der Waals surface area contributed by atoms with Crippen LogP contribution < -0.4 is 9.47 Å². The van der Waals surface area contributed by atoms with E-state index in [1.165, 1.54) is 0 Å². The second-order valence-electron chi connectivity index (χ2n) is 3.28. The Labute approximate surface area is 114 Å². The Balaban J connectivity index is 1.79. The third-order valence-electron chi connectivity index (χ3n) is 2.06. The SMILES string of the molecule is CCOc1ccccc1OCCSc1nncs1. The quantitative estimate of drug-likeness (QED) is 0.576. The molecule has 0 saturated carbocycles. The third-order valence-corrected chi connectivity index (χ3v) is 3.88. The molecule has 96 valence electrons. The number of nitrogens with zero attached hydrogens (tertiary/aromatic N) is 2. The van der Waals surface area contributed by atoms with Crippen molar-refractivity contribution in [3.8, 4) is 11.5 Å². The van der Waals surface area contributed by atoms with E-state index < -0.39 is 0 Å². The zero-order chi connectivity index (χ0) is 12.6. The van der Waals surface area contributed by atoms with Crippen molar-refractivity contribution in [2.75, 3.05) is 19.0 Å². The summed E-state index contributed by atoms with van der Waals surface area (Å²) in [5.74, 6) is 2.42. The first-order valence-electron chi connectivity index (χ1n) is 5.63. The summed E-state index contributed by atoms with van der Waals surface area (Å²) < 4.78 is 12.2. The summed E-state index contributed by atoms with van der Waals surface area (Å²) in [5, 5.41) is 7.74. The summed E-state index contributed by atoms with van der Waals surface area (Å²) in [4.78, 5) is 0. The third kappa shape index (κ3) is 3.89. The first-order valence-corrected chi connectivity index (χ1v) is 7.50. The smallest absolute Gasteiger partial charge is 0.174 e. The van der Waals surface area contributed by atoms with Gasteiger partial charge in [0, 0.05) is 5.75 Å². The van der Waals surface area contributed by atoms with Crippen LogP contribution >= 0.6 is 23.1 Å². The molecule has 1 aromatic heterocycles. The summed E-state index contributed by atoms with van der Waals surface area (Å²) in [6.07, 6.45) is 0. The fourth-order valence-corrected chi connectivity index (χ4v) is 2.73. The number of thioether (sulfide) groups is 1. The van der Waals surface area contributed by atoms with Gasteiger partial charge in [0.15, 0.2) is 15.8 Å². The molecule has 0 unspecified atom stereocenters. The summed E-state index contributed by atoms with van der Waals surface area (Å²) in [6.45, 7) is 3.22. The molecule has 2 rings (SSSR count). The number of benzene rings is 1. The minimum absolute atomic E-state index is 0.619. The molecule has 18 heavy (non-hydrogen) atoms. The van der Waals surface area contributed by atoms with E-state index >= 15 is 0 Å². The molecule has 4 nitrogen and oxygen atoms in total. The van der Waals surface area contributed by atoms with E-state index in [-0.39, 0.29) is 0 Å². The molecule has 0 amide bonds. The number of aromatic nitrogens is 2. The molecule has 1 heterocycles. The molecule has 0 aliphatic rings. The molecule has 0 radical (unpaired) electrons. The van der Waals surface area contributed by atoms with Crippen LogP contribution in [-0.2, 0) is 0 Å². The first kappa shape index (κ1) is 13.2. The predicted molar refractivity (Wildman–Crippen MR) is 73.7 cm³/mol. The fraction of sp³-hybridized carbons (Fsp3) is 0.333. The van der Waals surface area contributed by atoms with Crippen molar-refractivity contribution in [2.24, 2.45) is 0 Å². The van der Waals surface area contributed by atoms with Gasteiger partial charge in [-0.3, -0.25) is 0 Å². The van der Waals surface area contributed by atoms with Crippen LogP contribution in [0.4, 0.5) is 0 Å². The van der Waals surface area contributed by atoms with Crippen molar-refractivity contribution >= 4 is 23.1 Å². The molecular weight excluding hydrogens is 268 g/mol. The average Bonchev–Trinajstić information content (AvgIpc) is 2.90. The summed E-state index contributed by atoms with van der Waals surface area (Å²) >= 11 is 3.19. The van der Waals surface area contributed by atoms with Gasteiger partial charge < -0.3 is 9.47 Å². The van der Waals surface area contributed by atoms with Crippen molar-refractivity contribution < 1.29 is 9.47 Å². The van der Waals surface area contributed by atoms with Crippen LogP contribution in [0, 0.1) is 0 Å². The average molecular weight is 282 g/mol. The topological polar surface area (TPSA) is 44.2 Å². The van der Waals surface area contributed by atoms with E-state index in [1.54, 1.807) is 28.6 Å². The standard InChI is InChI=1S/C12H14N2O2S2/c1-2-15-10-5-3-4-6-11(10)16-7-8-17-12-14-13-9-18-12/h3-6,9H,2,7-8H2,1H3. The predicted octanol–water partition coefficient (Wildman–Crippen LogP) is 3.11. The molecule has 0 N–H and O–H groups in total. The van der Waals surface area contributed by atoms with Gasteiger partial charge in [-0.2, -0.15) is 0 Å². The first-order chi connectivity index (χ1) is 8.90. The summed E-state index contributed by atoms with van der Waals surface area (Å²) in [6, 6.07) is 7.71. The van der Waals surface area contributed by atoms with Gasteiger partial charge in [0.1, 0.15) is 5.51 Å². The second kappa shape index (κ2) is 7.23. The molecule has 0 aliphatic heterocycles. The lowest BCUT2D eigenvalue weighted by Crippen LogP contribution is -2.02. The van der Waals surface area contributed by atoms with Gasteiger partial charge in [0.05, 0.1) is 13.2 Å². The van der Waals surface area contributed by atoms with Gasteiger partial charge >= 0.3 is 0 Å². The van der Waals surface area contributed by atoms with E-state index in [2.05, 4.69) is 10.2 Å². The molecule has 0 saturated heterocycles. The lowest BCUT2D eigenvalue weighted by Gasteiger charge is -2.10. The Morgan fingerprint density at radius 2 is 2.00 bits per heavy atom. The lowest BCUT2D eigenvalue weighted by atomic mass is 10.3. The van der Waals surface area contributed by atoms with Crippen LogP contribution in [0.5, 0.6) is 11.5 Å². The van der Waals surface area contributed by atoms with Crippen LogP contribution in [0.25, 0.3) is 0 Å². The number of ether oxygens (including phenoxy) is 2. The molecule has 1 aromatic carbocycles. The highest BCUT2D eigenvalue weighted by atomic mass is 32.2. The van der Waals surface area contributed by atoms with Crippen molar-refractivity contribution in [3.05, 3.63) is 29.8 Å². The monoisotopic (exact) mass is 282 g/mol. The molecule has 0 spiro atoms. The van der Waals surface area contributed by atoms with Crippen LogP contribution in [-0.4, -0.2) is 29.2 Å². The van der Waals surface area contributed by atoms with Gasteiger partial charge in [0.25, 0.3) is 0 Å². The highest BCUT2D eigenvalue weighted by Gasteiger charge is 2.03. The van der Waals surface area contributed by atoms with Crippen LogP contribution in [0.3, 0.4) is 0 Å². The Hall–Kier alpha value is -1.27. The van der Waals surface area contributed by atoms with E-state index in [0.29, 0.717) is 13.2 Å². The minimum atomic E-state index is 0.619. The van der Waals surface area contributed by atoms with Gasteiger partial charge in [-0.1, -0.05) is 35.2 Å². The van der Waals surface area contributed by atoms with Gasteiger partial charge in [0.2, 0.25) is 0 Å². The van der Waals surface area contributed by atoms with Gasteiger partial charge in [-0.05, 0) is 19.1 Å². The molecule has 0 fully saturated rings. The van der Waals surface area contributed by atoms with Gasteiger partial charge in [-0.25, -0.2) is 0 Å². The fourth-order valence-electron chi connectivity index (χ4n) is 1.35. The Kier molecular flexibility index (Phi) is 5.29. The van der Waals surface area contributed by atoms with E-state index in [1.807, 2.05) is 31.2 Å². The number of hydrogen-bond donors (Lipinski definition) is 0. The maximum absolute atomic E-state index is 5.70. The van der Waals surface area contributed by atoms with Crippen molar-refractivity contribution in [1.82, 2.24) is 10.2 Å². The second-order valence-corrected chi connectivity index (χ2v) is 5.46. The zero-order valence-corrected chi connectivity index (χ0v) is 11.7. The Morgan fingerprint density at radius 1 is 1.22 bits per heavy atom. The number of hydrogen-bond acceptors (Lipinski definition) is 6. The number of para-hydroxylation sites is 2. The van der Waals surface area contributed by atoms with E-state index in [9.17, 15) is 0 Å². The van der Waals surface area contributed by atoms with E-state index in [4.69, 9.17) is 9.47 Å². The summed E-state index contributed by atoms with van der Waals surface area (Å²) in [7, 11) is 0. The normalized spacial score (nSPS) is 10.3. The largest absolute Gasteiger partial charge is 0.490 e. The Morgan fingerprint density at radius 3 is 2.67 bits per heavy atom. The molecule has 6 heteroatoms. The maximum Gasteiger partial charge on any atom is 0.174 e. The van der Waals surface area contributed by atoms with Crippen LogP contribution in [0.15, 0.2) is 34.1 Å². The van der Waals surface area contributed by atoms with E-state index in [0.717, 1.165) is 21.6 Å². The molecule has 0 atom stereocenters. The molecule has 2 aromatic rings. The zero-order valence-electron chi connectivity index (χ0n) is 10.0. The van der Waals surface area contributed by atoms with Crippen LogP contribution in [0.1, 0.15) is 6.92 Å². The molecule has 0 bridgehead atoms. The minimum Gasteiger partial charge on any atom is -0.490 e. The van der Waals surface area contributed by atoms with Crippen molar-refractivity contribution in [2.45, 2.75) is 11.3 Å². The summed E-state index contributed by atoms with van der Waals surface area (Å²) in [5.41, 5.74) is 1.73. The van der Waals surface area contributed by atoms with Crippen molar-refractivity contribution in [3.63, 3.8) is 0 Å². The lowest BCUT2D eigenvalue weighted by molar-refractivity contribution is 0.289.